The van der Waals surface area contributed by atoms with Crippen LogP contribution in [0.1, 0.15) is 45.4 Å². The molecule has 0 bridgehead atoms. The monoisotopic (exact) mass is 292 g/mol. The fourth-order valence-electron chi connectivity index (χ4n) is 2.37. The highest BCUT2D eigenvalue weighted by Crippen LogP contribution is 2.22. The Labute approximate surface area is 120 Å². The molecular formula is C14H28O6. The quantitative estimate of drug-likeness (QED) is 0.452. The fraction of sp³-hybridized carbons (Fsp3) is 1.00. The SMILES string of the molecule is CCCCCCCCO[C@H]1[C@H](O)[C@@H](O)[C@H](O)O[C@@H]1CO. The first-order chi connectivity index (χ1) is 9.61. The average molecular weight is 292 g/mol. The van der Waals surface area contributed by atoms with Crippen LogP contribution in [-0.4, -0.2) is 64.3 Å². The van der Waals surface area contributed by atoms with Crippen molar-refractivity contribution in [2.75, 3.05) is 13.2 Å². The zero-order valence-electron chi connectivity index (χ0n) is 12.1. The third-order valence-corrected chi connectivity index (χ3v) is 3.65. The Hall–Kier alpha value is -0.240. The second-order valence-corrected chi connectivity index (χ2v) is 5.33. The van der Waals surface area contributed by atoms with Gasteiger partial charge in [0.1, 0.15) is 24.4 Å². The molecule has 1 heterocycles. The van der Waals surface area contributed by atoms with E-state index in [1.165, 1.54) is 19.3 Å². The lowest BCUT2D eigenvalue weighted by Crippen LogP contribution is -2.59. The number of aliphatic hydroxyl groups excluding tert-OH is 4. The van der Waals surface area contributed by atoms with E-state index in [-0.39, 0.29) is 6.61 Å². The van der Waals surface area contributed by atoms with E-state index in [9.17, 15) is 20.4 Å². The summed E-state index contributed by atoms with van der Waals surface area (Å²) in [5, 5.41) is 37.9. The molecule has 6 heteroatoms. The van der Waals surface area contributed by atoms with Crippen LogP contribution in [0.25, 0.3) is 0 Å². The lowest BCUT2D eigenvalue weighted by molar-refractivity contribution is -0.294. The van der Waals surface area contributed by atoms with E-state index in [1.54, 1.807) is 0 Å². The molecule has 5 atom stereocenters. The summed E-state index contributed by atoms with van der Waals surface area (Å²) in [6, 6.07) is 0. The highest BCUT2D eigenvalue weighted by Gasteiger charge is 2.44. The maximum absolute atomic E-state index is 9.86. The van der Waals surface area contributed by atoms with Crippen LogP contribution in [0.4, 0.5) is 0 Å². The summed E-state index contributed by atoms with van der Waals surface area (Å²) in [6.45, 7) is 2.24. The van der Waals surface area contributed by atoms with Crippen molar-refractivity contribution >= 4 is 0 Å². The van der Waals surface area contributed by atoms with Gasteiger partial charge in [0.2, 0.25) is 0 Å². The Morgan fingerprint density at radius 1 is 0.950 bits per heavy atom. The Morgan fingerprint density at radius 3 is 2.25 bits per heavy atom. The molecule has 0 aromatic carbocycles. The van der Waals surface area contributed by atoms with Gasteiger partial charge in [0, 0.05) is 6.61 Å². The maximum Gasteiger partial charge on any atom is 0.184 e. The molecular weight excluding hydrogens is 264 g/mol. The number of hydrogen-bond acceptors (Lipinski definition) is 6. The van der Waals surface area contributed by atoms with Crippen LogP contribution in [0.3, 0.4) is 0 Å². The van der Waals surface area contributed by atoms with Crippen LogP contribution in [0.15, 0.2) is 0 Å². The Kier molecular flexibility index (Phi) is 8.60. The largest absolute Gasteiger partial charge is 0.394 e. The Bertz CT molecular complexity index is 248. The molecule has 0 aliphatic carbocycles. The maximum atomic E-state index is 9.86. The predicted octanol–water partition coefficient (Wildman–Crippen LogP) is 0.163. The van der Waals surface area contributed by atoms with E-state index in [4.69, 9.17) is 9.47 Å². The van der Waals surface area contributed by atoms with Gasteiger partial charge in [-0.2, -0.15) is 0 Å². The van der Waals surface area contributed by atoms with Gasteiger partial charge in [-0.1, -0.05) is 39.0 Å². The molecule has 1 fully saturated rings. The third-order valence-electron chi connectivity index (χ3n) is 3.65. The van der Waals surface area contributed by atoms with Crippen LogP contribution in [-0.2, 0) is 9.47 Å². The molecule has 0 saturated carbocycles. The molecule has 1 rings (SSSR count). The summed E-state index contributed by atoms with van der Waals surface area (Å²) in [5.74, 6) is 0. The zero-order valence-corrected chi connectivity index (χ0v) is 12.1. The topological polar surface area (TPSA) is 99.4 Å². The minimum atomic E-state index is -1.49. The van der Waals surface area contributed by atoms with E-state index in [2.05, 4.69) is 6.92 Å². The van der Waals surface area contributed by atoms with Gasteiger partial charge in [-0.05, 0) is 6.42 Å². The lowest BCUT2D eigenvalue weighted by atomic mass is 9.99. The molecule has 1 aliphatic rings. The summed E-state index contributed by atoms with van der Waals surface area (Å²) >= 11 is 0. The summed E-state index contributed by atoms with van der Waals surface area (Å²) < 4.78 is 10.5. The van der Waals surface area contributed by atoms with Crippen molar-refractivity contribution in [3.63, 3.8) is 0 Å². The minimum absolute atomic E-state index is 0.373. The fourth-order valence-corrected chi connectivity index (χ4v) is 2.37. The van der Waals surface area contributed by atoms with Gasteiger partial charge in [0.05, 0.1) is 6.61 Å². The number of ether oxygens (including phenoxy) is 2. The number of rotatable bonds is 9. The molecule has 6 nitrogen and oxygen atoms in total. The van der Waals surface area contributed by atoms with E-state index >= 15 is 0 Å². The predicted molar refractivity (Wildman–Crippen MR) is 73.1 cm³/mol. The van der Waals surface area contributed by atoms with Crippen molar-refractivity contribution in [1.29, 1.82) is 0 Å². The van der Waals surface area contributed by atoms with Crippen LogP contribution < -0.4 is 0 Å². The molecule has 120 valence electrons. The van der Waals surface area contributed by atoms with Gasteiger partial charge in [-0.25, -0.2) is 0 Å². The molecule has 1 saturated heterocycles. The Morgan fingerprint density at radius 2 is 1.60 bits per heavy atom. The van der Waals surface area contributed by atoms with Gasteiger partial charge in [-0.3, -0.25) is 0 Å². The number of aliphatic hydroxyl groups is 4. The van der Waals surface area contributed by atoms with Crippen LogP contribution in [0.2, 0.25) is 0 Å². The first-order valence-corrected chi connectivity index (χ1v) is 7.54. The van der Waals surface area contributed by atoms with E-state index in [0.29, 0.717) is 6.61 Å². The van der Waals surface area contributed by atoms with Gasteiger partial charge < -0.3 is 29.9 Å². The van der Waals surface area contributed by atoms with Crippen molar-refractivity contribution < 1.29 is 29.9 Å². The molecule has 0 spiro atoms. The Balaban J connectivity index is 2.25. The average Bonchev–Trinajstić information content (AvgIpc) is 2.45. The first-order valence-electron chi connectivity index (χ1n) is 7.54. The zero-order chi connectivity index (χ0) is 15.0. The first kappa shape index (κ1) is 17.8. The molecule has 0 aromatic rings. The summed E-state index contributed by atoms with van der Waals surface area (Å²) in [7, 11) is 0. The second kappa shape index (κ2) is 9.65. The summed E-state index contributed by atoms with van der Waals surface area (Å²) in [4.78, 5) is 0. The second-order valence-electron chi connectivity index (χ2n) is 5.33. The standard InChI is InChI=1S/C14H28O6/c1-2-3-4-5-6-7-8-19-13-10(9-15)20-14(18)12(17)11(13)16/h10-18H,2-9H2,1H3/t10-,11-,12-,13-,14-/m1/s1. The highest BCUT2D eigenvalue weighted by atomic mass is 16.6. The van der Waals surface area contributed by atoms with Gasteiger partial charge in [0.15, 0.2) is 6.29 Å². The van der Waals surface area contributed by atoms with E-state index in [0.717, 1.165) is 19.3 Å². The van der Waals surface area contributed by atoms with Crippen molar-refractivity contribution in [2.24, 2.45) is 0 Å². The molecule has 0 unspecified atom stereocenters. The molecule has 0 amide bonds. The van der Waals surface area contributed by atoms with E-state index < -0.39 is 30.7 Å². The molecule has 0 radical (unpaired) electrons. The molecule has 1 aliphatic heterocycles. The summed E-state index contributed by atoms with van der Waals surface area (Å²) in [5.41, 5.74) is 0. The van der Waals surface area contributed by atoms with Crippen LogP contribution in [0, 0.1) is 0 Å². The normalized spacial score (nSPS) is 34.4. The van der Waals surface area contributed by atoms with E-state index in [1.807, 2.05) is 0 Å². The lowest BCUT2D eigenvalue weighted by Gasteiger charge is -2.40. The van der Waals surface area contributed by atoms with Gasteiger partial charge in [-0.15, -0.1) is 0 Å². The van der Waals surface area contributed by atoms with Crippen molar-refractivity contribution in [3.8, 4) is 0 Å². The van der Waals surface area contributed by atoms with Crippen LogP contribution >= 0.6 is 0 Å². The smallest absolute Gasteiger partial charge is 0.184 e. The molecule has 0 aromatic heterocycles. The van der Waals surface area contributed by atoms with Crippen LogP contribution in [0.5, 0.6) is 0 Å². The van der Waals surface area contributed by atoms with Crippen molar-refractivity contribution in [1.82, 2.24) is 0 Å². The van der Waals surface area contributed by atoms with Crippen molar-refractivity contribution in [3.05, 3.63) is 0 Å². The van der Waals surface area contributed by atoms with Gasteiger partial charge in [0.25, 0.3) is 0 Å². The third kappa shape index (κ3) is 5.27. The molecule has 4 N–H and O–H groups in total. The van der Waals surface area contributed by atoms with Gasteiger partial charge >= 0.3 is 0 Å². The highest BCUT2D eigenvalue weighted by molar-refractivity contribution is 4.89. The minimum Gasteiger partial charge on any atom is -0.394 e. The molecule has 20 heavy (non-hydrogen) atoms. The summed E-state index contributed by atoms with van der Waals surface area (Å²) in [6.07, 6.45) is 0.966. The number of unbranched alkanes of at least 4 members (excludes halogenated alkanes) is 5. The number of hydrogen-bond donors (Lipinski definition) is 4. The van der Waals surface area contributed by atoms with Crippen molar-refractivity contribution in [2.45, 2.75) is 76.2 Å².